The van der Waals surface area contributed by atoms with Gasteiger partial charge in [0.1, 0.15) is 11.3 Å². The number of hydrogen-bond donors (Lipinski definition) is 0. The summed E-state index contributed by atoms with van der Waals surface area (Å²) in [6.07, 6.45) is 0. The van der Waals surface area contributed by atoms with Crippen molar-refractivity contribution < 1.29 is 4.42 Å². The van der Waals surface area contributed by atoms with Gasteiger partial charge in [-0.05, 0) is 48.6 Å². The summed E-state index contributed by atoms with van der Waals surface area (Å²) in [5.74, 6) is 0.856. The van der Waals surface area contributed by atoms with Crippen molar-refractivity contribution in [2.75, 3.05) is 0 Å². The third-order valence-corrected chi connectivity index (χ3v) is 2.84. The molecule has 0 aliphatic heterocycles. The van der Waals surface area contributed by atoms with E-state index in [-0.39, 0.29) is 0 Å². The minimum atomic E-state index is 0.796. The topological polar surface area (TPSA) is 25.5 Å². The number of nitrogens with zero attached hydrogens (tertiary/aromatic N) is 1. The second kappa shape index (κ2) is 4.57. The second-order valence-corrected chi connectivity index (χ2v) is 4.08. The van der Waals surface area contributed by atoms with Gasteiger partial charge in [0.2, 0.25) is 0 Å². The lowest BCUT2D eigenvalue weighted by atomic mass is 10.1. The van der Waals surface area contributed by atoms with E-state index in [0.717, 1.165) is 28.0 Å². The smallest absolute Gasteiger partial charge is 0.135 e. The number of para-hydroxylation sites is 1. The van der Waals surface area contributed by atoms with Crippen LogP contribution < -0.4 is 0 Å². The summed E-state index contributed by atoms with van der Waals surface area (Å²) in [5.41, 5.74) is 2.72. The molecule has 0 fully saturated rings. The van der Waals surface area contributed by atoms with Gasteiger partial charge in [-0.15, -0.1) is 0 Å². The Bertz CT molecular complexity index is 704. The van der Waals surface area contributed by atoms with Gasteiger partial charge in [-0.2, -0.15) is 4.99 Å². The number of rotatable bonds is 2. The highest BCUT2D eigenvalue weighted by Crippen LogP contribution is 2.28. The number of isothiocyanates is 1. The molecule has 0 unspecified atom stereocenters. The SMILES string of the molecule is S=C=Nc1ccc(-c2cc3ccccc3o2)cc1. The largest absolute Gasteiger partial charge is 0.456 e. The van der Waals surface area contributed by atoms with Crippen LogP contribution >= 0.6 is 12.2 Å². The lowest BCUT2D eigenvalue weighted by molar-refractivity contribution is 0.631. The number of hydrogen-bond acceptors (Lipinski definition) is 3. The highest BCUT2D eigenvalue weighted by atomic mass is 32.1. The first-order chi connectivity index (χ1) is 8.86. The van der Waals surface area contributed by atoms with Crippen LogP contribution in [-0.4, -0.2) is 5.16 Å². The van der Waals surface area contributed by atoms with Crippen molar-refractivity contribution >= 4 is 34.0 Å². The molecule has 1 aromatic heterocycles. The number of benzene rings is 2. The average molecular weight is 251 g/mol. The molecule has 0 N–H and O–H groups in total. The molecule has 86 valence electrons. The Morgan fingerprint density at radius 3 is 2.50 bits per heavy atom. The Morgan fingerprint density at radius 2 is 1.78 bits per heavy atom. The predicted octanol–water partition coefficient (Wildman–Crippen LogP) is 4.83. The molecule has 0 saturated carbocycles. The molecule has 2 nitrogen and oxygen atoms in total. The highest BCUT2D eigenvalue weighted by molar-refractivity contribution is 7.78. The van der Waals surface area contributed by atoms with Gasteiger partial charge >= 0.3 is 0 Å². The number of aliphatic imine (C=N–C) groups is 1. The Hall–Kier alpha value is -2.22. The van der Waals surface area contributed by atoms with Crippen molar-refractivity contribution in [2.24, 2.45) is 4.99 Å². The number of furan rings is 1. The number of thiocarbonyl (C=S) groups is 1. The van der Waals surface area contributed by atoms with Gasteiger partial charge in [-0.3, -0.25) is 0 Å². The summed E-state index contributed by atoms with van der Waals surface area (Å²) in [6.45, 7) is 0. The van der Waals surface area contributed by atoms with E-state index in [2.05, 4.69) is 22.4 Å². The molecular weight excluding hydrogens is 242 g/mol. The summed E-state index contributed by atoms with van der Waals surface area (Å²) in [6, 6.07) is 17.7. The van der Waals surface area contributed by atoms with Crippen molar-refractivity contribution in [1.82, 2.24) is 0 Å². The van der Waals surface area contributed by atoms with Crippen LogP contribution in [0, 0.1) is 0 Å². The molecule has 0 aliphatic carbocycles. The normalized spacial score (nSPS) is 10.2. The van der Waals surface area contributed by atoms with Gasteiger partial charge in [-0.25, -0.2) is 0 Å². The molecule has 1 heterocycles. The molecule has 0 saturated heterocycles. The molecule has 0 amide bonds. The van der Waals surface area contributed by atoms with Gasteiger partial charge in [0.05, 0.1) is 10.8 Å². The van der Waals surface area contributed by atoms with Crippen LogP contribution in [0.5, 0.6) is 0 Å². The molecule has 3 aromatic rings. The van der Waals surface area contributed by atoms with Crippen LogP contribution in [0.4, 0.5) is 5.69 Å². The quantitative estimate of drug-likeness (QED) is 0.481. The van der Waals surface area contributed by atoms with Crippen molar-refractivity contribution in [2.45, 2.75) is 0 Å². The fraction of sp³-hybridized carbons (Fsp3) is 0. The molecule has 2 aromatic carbocycles. The van der Waals surface area contributed by atoms with Gasteiger partial charge in [-0.1, -0.05) is 18.2 Å². The zero-order valence-corrected chi connectivity index (χ0v) is 10.3. The second-order valence-electron chi connectivity index (χ2n) is 3.90. The summed E-state index contributed by atoms with van der Waals surface area (Å²) in [7, 11) is 0. The first-order valence-electron chi connectivity index (χ1n) is 5.54. The minimum absolute atomic E-state index is 0.796. The highest BCUT2D eigenvalue weighted by Gasteiger charge is 2.05. The van der Waals surface area contributed by atoms with E-state index in [1.165, 1.54) is 0 Å². The fourth-order valence-corrected chi connectivity index (χ4v) is 1.98. The molecule has 0 aliphatic rings. The van der Waals surface area contributed by atoms with Crippen LogP contribution in [0.15, 0.2) is 64.0 Å². The maximum absolute atomic E-state index is 5.79. The Labute approximate surface area is 110 Å². The third-order valence-electron chi connectivity index (χ3n) is 2.75. The Kier molecular flexibility index (Phi) is 2.77. The first kappa shape index (κ1) is 10.9. The lowest BCUT2D eigenvalue weighted by Gasteiger charge is -1.96. The predicted molar refractivity (Wildman–Crippen MR) is 76.3 cm³/mol. The van der Waals surface area contributed by atoms with Gasteiger partial charge in [0, 0.05) is 10.9 Å². The third kappa shape index (κ3) is 1.97. The van der Waals surface area contributed by atoms with Crippen LogP contribution in [-0.2, 0) is 0 Å². The van der Waals surface area contributed by atoms with E-state index >= 15 is 0 Å². The lowest BCUT2D eigenvalue weighted by Crippen LogP contribution is -1.71. The molecule has 0 atom stereocenters. The Balaban J connectivity index is 2.05. The van der Waals surface area contributed by atoms with Crippen LogP contribution in [0.2, 0.25) is 0 Å². The number of fused-ring (bicyclic) bond motifs is 1. The van der Waals surface area contributed by atoms with Crippen LogP contribution in [0.25, 0.3) is 22.3 Å². The maximum Gasteiger partial charge on any atom is 0.135 e. The summed E-state index contributed by atoms with van der Waals surface area (Å²) >= 11 is 4.57. The molecular formula is C15H9NOS. The van der Waals surface area contributed by atoms with E-state index in [1.807, 2.05) is 54.6 Å². The monoisotopic (exact) mass is 251 g/mol. The minimum Gasteiger partial charge on any atom is -0.456 e. The average Bonchev–Trinajstić information content (AvgIpc) is 2.84. The van der Waals surface area contributed by atoms with E-state index < -0.39 is 0 Å². The van der Waals surface area contributed by atoms with Crippen LogP contribution in [0.3, 0.4) is 0 Å². The van der Waals surface area contributed by atoms with Crippen molar-refractivity contribution in [1.29, 1.82) is 0 Å². The summed E-state index contributed by atoms with van der Waals surface area (Å²) in [4.78, 5) is 3.92. The fourth-order valence-electron chi connectivity index (χ4n) is 1.88. The molecule has 18 heavy (non-hydrogen) atoms. The van der Waals surface area contributed by atoms with E-state index in [9.17, 15) is 0 Å². The molecule has 0 radical (unpaired) electrons. The van der Waals surface area contributed by atoms with E-state index in [0.29, 0.717) is 0 Å². The zero-order valence-electron chi connectivity index (χ0n) is 9.46. The van der Waals surface area contributed by atoms with E-state index in [1.54, 1.807) is 0 Å². The summed E-state index contributed by atoms with van der Waals surface area (Å²) in [5, 5.41) is 3.45. The molecule has 0 spiro atoms. The standard InChI is InChI=1S/C15H9NOS/c18-10-16-13-7-5-11(6-8-13)15-9-12-3-1-2-4-14(12)17-15/h1-9H. The van der Waals surface area contributed by atoms with E-state index in [4.69, 9.17) is 4.42 Å². The molecule has 3 rings (SSSR count). The first-order valence-corrected chi connectivity index (χ1v) is 5.94. The summed E-state index contributed by atoms with van der Waals surface area (Å²) < 4.78 is 5.79. The molecule has 3 heteroatoms. The Morgan fingerprint density at radius 1 is 1.00 bits per heavy atom. The van der Waals surface area contributed by atoms with Crippen molar-refractivity contribution in [3.8, 4) is 11.3 Å². The van der Waals surface area contributed by atoms with Crippen LogP contribution in [0.1, 0.15) is 0 Å². The zero-order chi connectivity index (χ0) is 12.4. The maximum atomic E-state index is 5.79. The van der Waals surface area contributed by atoms with Crippen molar-refractivity contribution in [3.05, 3.63) is 54.6 Å². The van der Waals surface area contributed by atoms with Gasteiger partial charge in [0.25, 0.3) is 0 Å². The molecule has 0 bridgehead atoms. The van der Waals surface area contributed by atoms with Gasteiger partial charge in [0.15, 0.2) is 0 Å². The van der Waals surface area contributed by atoms with Crippen molar-refractivity contribution in [3.63, 3.8) is 0 Å². The van der Waals surface area contributed by atoms with Gasteiger partial charge < -0.3 is 4.42 Å².